The monoisotopic (exact) mass is 221 g/mol. The van der Waals surface area contributed by atoms with E-state index in [0.29, 0.717) is 19.0 Å². The molecule has 0 radical (unpaired) electrons. The van der Waals surface area contributed by atoms with Crippen molar-refractivity contribution in [2.45, 2.75) is 19.4 Å². The van der Waals surface area contributed by atoms with Gasteiger partial charge >= 0.3 is 0 Å². The summed E-state index contributed by atoms with van der Waals surface area (Å²) in [4.78, 5) is 13.9. The van der Waals surface area contributed by atoms with Crippen molar-refractivity contribution >= 4 is 5.91 Å². The van der Waals surface area contributed by atoms with E-state index in [1.165, 1.54) is 0 Å². The first-order valence-electron chi connectivity index (χ1n) is 5.88. The number of nitrogens with zero attached hydrogens (tertiary/aromatic N) is 2. The summed E-state index contributed by atoms with van der Waals surface area (Å²) in [5.74, 6) is 0.691. The van der Waals surface area contributed by atoms with Crippen molar-refractivity contribution in [2.24, 2.45) is 11.7 Å². The predicted octanol–water partition coefficient (Wildman–Crippen LogP) is 0.685. The van der Waals surface area contributed by atoms with Gasteiger partial charge in [-0.1, -0.05) is 0 Å². The predicted molar refractivity (Wildman–Crippen MR) is 62.8 cm³/mol. The van der Waals surface area contributed by atoms with Crippen LogP contribution in [-0.4, -0.2) is 35.0 Å². The number of hydrogen-bond acceptors (Lipinski definition) is 2. The highest BCUT2D eigenvalue weighted by molar-refractivity contribution is 5.76. The first-order chi connectivity index (χ1) is 7.79. The molecule has 1 aliphatic rings. The van der Waals surface area contributed by atoms with E-state index in [1.807, 2.05) is 34.0 Å². The highest BCUT2D eigenvalue weighted by Crippen LogP contribution is 2.15. The second kappa shape index (κ2) is 5.16. The molecule has 0 spiro atoms. The van der Waals surface area contributed by atoms with E-state index < -0.39 is 0 Å². The van der Waals surface area contributed by atoms with E-state index in [2.05, 4.69) is 0 Å². The molecule has 0 saturated carbocycles. The lowest BCUT2D eigenvalue weighted by molar-refractivity contribution is -0.133. The SMILES string of the molecule is NC[C@H]1CCCN(C(=O)Cn2cccc2)C1. The van der Waals surface area contributed by atoms with Crippen LogP contribution in [0.2, 0.25) is 0 Å². The molecule has 0 unspecified atom stereocenters. The fourth-order valence-corrected chi connectivity index (χ4v) is 2.22. The van der Waals surface area contributed by atoms with Crippen LogP contribution in [0.15, 0.2) is 24.5 Å². The molecular weight excluding hydrogens is 202 g/mol. The highest BCUT2D eigenvalue weighted by atomic mass is 16.2. The molecule has 1 aromatic rings. The molecule has 2 heterocycles. The van der Waals surface area contributed by atoms with Crippen LogP contribution in [0, 0.1) is 5.92 Å². The van der Waals surface area contributed by atoms with E-state index in [0.717, 1.165) is 25.9 Å². The number of rotatable bonds is 3. The number of nitrogens with two attached hydrogens (primary N) is 1. The van der Waals surface area contributed by atoms with E-state index in [9.17, 15) is 4.79 Å². The van der Waals surface area contributed by atoms with Gasteiger partial charge in [0.15, 0.2) is 0 Å². The lowest BCUT2D eigenvalue weighted by Crippen LogP contribution is -2.43. The van der Waals surface area contributed by atoms with Crippen LogP contribution in [0.25, 0.3) is 0 Å². The average molecular weight is 221 g/mol. The molecule has 2 N–H and O–H groups in total. The number of aromatic nitrogens is 1. The minimum absolute atomic E-state index is 0.203. The summed E-state index contributed by atoms with van der Waals surface area (Å²) in [6.45, 7) is 2.85. The molecule has 0 bridgehead atoms. The Bertz CT molecular complexity index is 334. The number of likely N-dealkylation sites (tertiary alicyclic amines) is 1. The van der Waals surface area contributed by atoms with Crippen LogP contribution in [0.4, 0.5) is 0 Å². The van der Waals surface area contributed by atoms with Crippen LogP contribution >= 0.6 is 0 Å². The third-order valence-electron chi connectivity index (χ3n) is 3.19. The molecule has 0 aromatic carbocycles. The van der Waals surface area contributed by atoms with Gasteiger partial charge < -0.3 is 15.2 Å². The molecule has 1 amide bonds. The van der Waals surface area contributed by atoms with Crippen molar-refractivity contribution in [3.8, 4) is 0 Å². The normalized spacial score (nSPS) is 21.1. The summed E-state index contributed by atoms with van der Waals surface area (Å²) in [5, 5.41) is 0. The van der Waals surface area contributed by atoms with E-state index in [4.69, 9.17) is 5.73 Å². The van der Waals surface area contributed by atoms with Gasteiger partial charge in [-0.05, 0) is 37.4 Å². The van der Waals surface area contributed by atoms with Crippen LogP contribution in [-0.2, 0) is 11.3 Å². The minimum atomic E-state index is 0.203. The summed E-state index contributed by atoms with van der Waals surface area (Å²) in [5.41, 5.74) is 5.66. The molecule has 88 valence electrons. The van der Waals surface area contributed by atoms with Crippen LogP contribution < -0.4 is 5.73 Å². The lowest BCUT2D eigenvalue weighted by Gasteiger charge is -2.32. The molecule has 0 aliphatic carbocycles. The number of amides is 1. The van der Waals surface area contributed by atoms with E-state index in [-0.39, 0.29) is 5.91 Å². The Kier molecular flexibility index (Phi) is 3.62. The van der Waals surface area contributed by atoms with Gasteiger partial charge in [-0.25, -0.2) is 0 Å². The minimum Gasteiger partial charge on any atom is -0.345 e. The summed E-state index contributed by atoms with van der Waals surface area (Å²) < 4.78 is 1.91. The molecular formula is C12H19N3O. The molecule has 4 heteroatoms. The maximum absolute atomic E-state index is 12.0. The number of carbonyl (C=O) groups excluding carboxylic acids is 1. The van der Waals surface area contributed by atoms with Crippen LogP contribution in [0.3, 0.4) is 0 Å². The lowest BCUT2D eigenvalue weighted by atomic mass is 9.98. The second-order valence-electron chi connectivity index (χ2n) is 4.44. The molecule has 16 heavy (non-hydrogen) atoms. The van der Waals surface area contributed by atoms with Gasteiger partial charge in [0, 0.05) is 25.5 Å². The summed E-state index contributed by atoms with van der Waals surface area (Å²) >= 11 is 0. The van der Waals surface area contributed by atoms with Gasteiger partial charge in [-0.3, -0.25) is 4.79 Å². The van der Waals surface area contributed by atoms with Gasteiger partial charge in [0.05, 0.1) is 0 Å². The van der Waals surface area contributed by atoms with Gasteiger partial charge in [-0.15, -0.1) is 0 Å². The zero-order valence-electron chi connectivity index (χ0n) is 9.51. The average Bonchev–Trinajstić information content (AvgIpc) is 2.82. The topological polar surface area (TPSA) is 51.3 Å². The smallest absolute Gasteiger partial charge is 0.242 e. The molecule has 1 fully saturated rings. The molecule has 1 atom stereocenters. The Balaban J connectivity index is 1.89. The molecule has 4 nitrogen and oxygen atoms in total. The van der Waals surface area contributed by atoms with Crippen molar-refractivity contribution in [1.82, 2.24) is 9.47 Å². The third-order valence-corrected chi connectivity index (χ3v) is 3.19. The summed E-state index contributed by atoms with van der Waals surface area (Å²) in [6.07, 6.45) is 6.08. The standard InChI is InChI=1S/C12H19N3O/c13-8-11-4-3-7-15(9-11)12(16)10-14-5-1-2-6-14/h1-2,5-6,11H,3-4,7-10,13H2/t11-/m1/s1. The third kappa shape index (κ3) is 2.64. The van der Waals surface area contributed by atoms with Crippen LogP contribution in [0.1, 0.15) is 12.8 Å². The van der Waals surface area contributed by atoms with Gasteiger partial charge in [0.1, 0.15) is 6.54 Å². The Labute approximate surface area is 96.0 Å². The summed E-state index contributed by atoms with van der Waals surface area (Å²) in [7, 11) is 0. The van der Waals surface area contributed by atoms with E-state index in [1.54, 1.807) is 0 Å². The van der Waals surface area contributed by atoms with Gasteiger partial charge in [-0.2, -0.15) is 0 Å². The molecule has 2 rings (SSSR count). The largest absolute Gasteiger partial charge is 0.345 e. The fraction of sp³-hybridized carbons (Fsp3) is 0.583. The highest BCUT2D eigenvalue weighted by Gasteiger charge is 2.22. The number of hydrogen-bond donors (Lipinski definition) is 1. The second-order valence-corrected chi connectivity index (χ2v) is 4.44. The van der Waals surface area contributed by atoms with Crippen molar-refractivity contribution in [2.75, 3.05) is 19.6 Å². The Morgan fingerprint density at radius 3 is 2.81 bits per heavy atom. The first kappa shape index (κ1) is 11.2. The Hall–Kier alpha value is -1.29. The molecule has 1 aromatic heterocycles. The summed E-state index contributed by atoms with van der Waals surface area (Å²) in [6, 6.07) is 3.87. The Morgan fingerprint density at radius 2 is 2.12 bits per heavy atom. The van der Waals surface area contributed by atoms with Crippen molar-refractivity contribution in [3.63, 3.8) is 0 Å². The van der Waals surface area contributed by atoms with Crippen molar-refractivity contribution in [3.05, 3.63) is 24.5 Å². The van der Waals surface area contributed by atoms with Gasteiger partial charge in [0.2, 0.25) is 5.91 Å². The maximum Gasteiger partial charge on any atom is 0.242 e. The molecule has 1 aliphatic heterocycles. The fourth-order valence-electron chi connectivity index (χ4n) is 2.22. The first-order valence-corrected chi connectivity index (χ1v) is 5.88. The maximum atomic E-state index is 12.0. The van der Waals surface area contributed by atoms with E-state index >= 15 is 0 Å². The Morgan fingerprint density at radius 1 is 1.38 bits per heavy atom. The number of piperidine rings is 1. The van der Waals surface area contributed by atoms with Gasteiger partial charge in [0.25, 0.3) is 0 Å². The molecule has 1 saturated heterocycles. The zero-order chi connectivity index (χ0) is 11.4. The van der Waals surface area contributed by atoms with Crippen LogP contribution in [0.5, 0.6) is 0 Å². The zero-order valence-corrected chi connectivity index (χ0v) is 9.51. The quantitative estimate of drug-likeness (QED) is 0.816. The number of carbonyl (C=O) groups is 1. The van der Waals surface area contributed by atoms with Crippen molar-refractivity contribution in [1.29, 1.82) is 0 Å². The van der Waals surface area contributed by atoms with Crippen molar-refractivity contribution < 1.29 is 4.79 Å².